The number of hydrogen-bond acceptors (Lipinski definition) is 4. The molecule has 0 aliphatic carbocycles. The zero-order valence-electron chi connectivity index (χ0n) is 14.8. The first-order valence-electron chi connectivity index (χ1n) is 8.33. The third-order valence-electron chi connectivity index (χ3n) is 3.90. The van der Waals surface area contributed by atoms with E-state index < -0.39 is 5.25 Å². The van der Waals surface area contributed by atoms with Crippen molar-refractivity contribution >= 4 is 35.0 Å². The SMILES string of the molecule is Cc1ccc(Cl)cc1NC(=O)C(C)Sc1nc(-c2ccccc2)cc(=O)[nH]1. The van der Waals surface area contributed by atoms with E-state index in [4.69, 9.17) is 11.6 Å². The second-order valence-electron chi connectivity index (χ2n) is 6.01. The minimum Gasteiger partial charge on any atom is -0.325 e. The molecule has 0 aliphatic rings. The lowest BCUT2D eigenvalue weighted by molar-refractivity contribution is -0.115. The highest BCUT2D eigenvalue weighted by Crippen LogP contribution is 2.25. The number of thioether (sulfide) groups is 1. The molecule has 5 nitrogen and oxygen atoms in total. The largest absolute Gasteiger partial charge is 0.325 e. The summed E-state index contributed by atoms with van der Waals surface area (Å²) in [6.45, 7) is 3.65. The zero-order chi connectivity index (χ0) is 19.4. The van der Waals surface area contributed by atoms with Crippen molar-refractivity contribution in [3.63, 3.8) is 0 Å². The summed E-state index contributed by atoms with van der Waals surface area (Å²) < 4.78 is 0. The summed E-state index contributed by atoms with van der Waals surface area (Å²) >= 11 is 7.19. The van der Waals surface area contributed by atoms with Crippen LogP contribution in [0.5, 0.6) is 0 Å². The van der Waals surface area contributed by atoms with Crippen molar-refractivity contribution in [2.75, 3.05) is 5.32 Å². The molecule has 1 amide bonds. The van der Waals surface area contributed by atoms with Gasteiger partial charge in [-0.3, -0.25) is 9.59 Å². The number of H-pyrrole nitrogens is 1. The molecule has 138 valence electrons. The summed E-state index contributed by atoms with van der Waals surface area (Å²) in [5.74, 6) is -0.196. The van der Waals surface area contributed by atoms with Crippen LogP contribution in [0.2, 0.25) is 5.02 Å². The van der Waals surface area contributed by atoms with Gasteiger partial charge in [-0.15, -0.1) is 0 Å². The van der Waals surface area contributed by atoms with Crippen LogP contribution < -0.4 is 10.9 Å². The van der Waals surface area contributed by atoms with Gasteiger partial charge in [0.25, 0.3) is 5.56 Å². The number of nitrogens with zero attached hydrogens (tertiary/aromatic N) is 1. The first-order valence-corrected chi connectivity index (χ1v) is 9.58. The van der Waals surface area contributed by atoms with Crippen LogP contribution in [0.25, 0.3) is 11.3 Å². The van der Waals surface area contributed by atoms with Crippen LogP contribution in [-0.2, 0) is 4.79 Å². The van der Waals surface area contributed by atoms with E-state index in [0.29, 0.717) is 21.6 Å². The van der Waals surface area contributed by atoms with Crippen molar-refractivity contribution in [2.24, 2.45) is 0 Å². The molecule has 7 heteroatoms. The fraction of sp³-hybridized carbons (Fsp3) is 0.150. The number of rotatable bonds is 5. The quantitative estimate of drug-likeness (QED) is 0.488. The number of anilines is 1. The third kappa shape index (κ3) is 4.99. The van der Waals surface area contributed by atoms with Crippen molar-refractivity contribution in [3.8, 4) is 11.3 Å². The first kappa shape index (κ1) is 19.2. The predicted molar refractivity (Wildman–Crippen MR) is 110 cm³/mol. The van der Waals surface area contributed by atoms with Gasteiger partial charge in [-0.1, -0.05) is 59.8 Å². The lowest BCUT2D eigenvalue weighted by Gasteiger charge is -2.13. The Bertz CT molecular complexity index is 1020. The van der Waals surface area contributed by atoms with Crippen molar-refractivity contribution in [1.29, 1.82) is 0 Å². The Morgan fingerprint density at radius 2 is 1.93 bits per heavy atom. The second kappa shape index (κ2) is 8.41. The minimum atomic E-state index is -0.461. The molecule has 3 aromatic rings. The van der Waals surface area contributed by atoms with E-state index in [1.54, 1.807) is 19.1 Å². The first-order chi connectivity index (χ1) is 12.9. The van der Waals surface area contributed by atoms with Gasteiger partial charge in [0, 0.05) is 22.3 Å². The standard InChI is InChI=1S/C20H18ClN3O2S/c1-12-8-9-15(21)10-16(12)22-19(26)13(2)27-20-23-17(11-18(25)24-20)14-6-4-3-5-7-14/h3-11,13H,1-2H3,(H,22,26)(H,23,24,25). The van der Waals surface area contributed by atoms with Gasteiger partial charge in [0.1, 0.15) is 0 Å². The summed E-state index contributed by atoms with van der Waals surface area (Å²) in [4.78, 5) is 31.7. The molecular formula is C20H18ClN3O2S. The molecule has 2 aromatic carbocycles. The molecule has 0 bridgehead atoms. The topological polar surface area (TPSA) is 74.8 Å². The zero-order valence-corrected chi connectivity index (χ0v) is 16.4. The summed E-state index contributed by atoms with van der Waals surface area (Å²) in [5, 5.41) is 3.36. The molecule has 0 aliphatic heterocycles. The Kier molecular flexibility index (Phi) is 5.98. The van der Waals surface area contributed by atoms with Gasteiger partial charge in [0.05, 0.1) is 10.9 Å². The maximum Gasteiger partial charge on any atom is 0.252 e. The third-order valence-corrected chi connectivity index (χ3v) is 5.12. The number of hydrogen-bond donors (Lipinski definition) is 2. The summed E-state index contributed by atoms with van der Waals surface area (Å²) in [7, 11) is 0. The van der Waals surface area contributed by atoms with Crippen molar-refractivity contribution < 1.29 is 4.79 Å². The highest BCUT2D eigenvalue weighted by molar-refractivity contribution is 8.00. The van der Waals surface area contributed by atoms with Gasteiger partial charge in [-0.2, -0.15) is 0 Å². The van der Waals surface area contributed by atoms with Gasteiger partial charge in [0.15, 0.2) is 5.16 Å². The van der Waals surface area contributed by atoms with E-state index >= 15 is 0 Å². The normalized spacial score (nSPS) is 11.8. The predicted octanol–water partition coefficient (Wildman–Crippen LogP) is 4.52. The summed E-state index contributed by atoms with van der Waals surface area (Å²) in [5.41, 5.74) is 2.74. The van der Waals surface area contributed by atoms with E-state index in [0.717, 1.165) is 11.1 Å². The van der Waals surface area contributed by atoms with Crippen molar-refractivity contribution in [2.45, 2.75) is 24.3 Å². The molecule has 0 spiro atoms. The lowest BCUT2D eigenvalue weighted by atomic mass is 10.1. The number of carbonyl (C=O) groups excluding carboxylic acids is 1. The number of halogens is 1. The van der Waals surface area contributed by atoms with Gasteiger partial charge < -0.3 is 10.3 Å². The smallest absolute Gasteiger partial charge is 0.252 e. The summed E-state index contributed by atoms with van der Waals surface area (Å²) in [6.07, 6.45) is 0. The van der Waals surface area contributed by atoms with Crippen molar-refractivity contribution in [3.05, 3.63) is 75.5 Å². The van der Waals surface area contributed by atoms with Crippen LogP contribution in [0.4, 0.5) is 5.69 Å². The lowest BCUT2D eigenvalue weighted by Crippen LogP contribution is -2.23. The van der Waals surface area contributed by atoms with Crippen LogP contribution in [0.15, 0.2) is 64.5 Å². The molecule has 0 radical (unpaired) electrons. The Morgan fingerprint density at radius 3 is 2.67 bits per heavy atom. The number of aryl methyl sites for hydroxylation is 1. The van der Waals surface area contributed by atoms with E-state index in [2.05, 4.69) is 15.3 Å². The average Bonchev–Trinajstić information content (AvgIpc) is 2.65. The minimum absolute atomic E-state index is 0.196. The number of carbonyl (C=O) groups is 1. The fourth-order valence-corrected chi connectivity index (χ4v) is 3.42. The molecule has 0 fully saturated rings. The Hall–Kier alpha value is -2.57. The number of aromatic amines is 1. The Balaban J connectivity index is 1.76. The molecule has 27 heavy (non-hydrogen) atoms. The fourth-order valence-electron chi connectivity index (χ4n) is 2.43. The van der Waals surface area contributed by atoms with E-state index in [1.165, 1.54) is 17.8 Å². The second-order valence-corrected chi connectivity index (χ2v) is 7.78. The molecule has 0 saturated heterocycles. The Morgan fingerprint density at radius 1 is 1.19 bits per heavy atom. The van der Waals surface area contributed by atoms with E-state index in [9.17, 15) is 9.59 Å². The highest BCUT2D eigenvalue weighted by atomic mass is 35.5. The molecular weight excluding hydrogens is 382 g/mol. The van der Waals surface area contributed by atoms with Gasteiger partial charge in [-0.05, 0) is 31.5 Å². The van der Waals surface area contributed by atoms with E-state index in [1.807, 2.05) is 43.3 Å². The number of aromatic nitrogens is 2. The molecule has 1 aromatic heterocycles. The number of benzene rings is 2. The molecule has 1 heterocycles. The van der Waals surface area contributed by atoms with E-state index in [-0.39, 0.29) is 11.5 Å². The number of nitrogens with one attached hydrogen (secondary N) is 2. The van der Waals surface area contributed by atoms with Gasteiger partial charge in [0.2, 0.25) is 5.91 Å². The number of amides is 1. The molecule has 2 N–H and O–H groups in total. The highest BCUT2D eigenvalue weighted by Gasteiger charge is 2.17. The maximum atomic E-state index is 12.5. The van der Waals surface area contributed by atoms with Crippen molar-refractivity contribution in [1.82, 2.24) is 9.97 Å². The maximum absolute atomic E-state index is 12.5. The molecule has 1 atom stereocenters. The van der Waals surface area contributed by atoms with Crippen LogP contribution in [0.1, 0.15) is 12.5 Å². The summed E-state index contributed by atoms with van der Waals surface area (Å²) in [6, 6.07) is 16.2. The van der Waals surface area contributed by atoms with Crippen LogP contribution in [-0.4, -0.2) is 21.1 Å². The van der Waals surface area contributed by atoms with Gasteiger partial charge in [-0.25, -0.2) is 4.98 Å². The van der Waals surface area contributed by atoms with Gasteiger partial charge >= 0.3 is 0 Å². The van der Waals surface area contributed by atoms with Crippen LogP contribution in [0.3, 0.4) is 0 Å². The molecule has 1 unspecified atom stereocenters. The monoisotopic (exact) mass is 399 g/mol. The molecule has 3 rings (SSSR count). The van der Waals surface area contributed by atoms with Crippen LogP contribution >= 0.6 is 23.4 Å². The molecule has 0 saturated carbocycles. The average molecular weight is 400 g/mol. The van der Waals surface area contributed by atoms with Crippen LogP contribution in [0, 0.1) is 6.92 Å². The Labute approximate surface area is 166 Å².